The quantitative estimate of drug-likeness (QED) is 0.156. The monoisotopic (exact) mass is 473 g/mol. The molecule has 1 saturated heterocycles. The number of carbonyl (C=O) groups excluding carboxylic acids is 3. The number of rotatable bonds is 8. The van der Waals surface area contributed by atoms with Crippen molar-refractivity contribution in [2.45, 2.75) is 19.4 Å². The number of ketones is 1. The maximum absolute atomic E-state index is 13.0. The van der Waals surface area contributed by atoms with Gasteiger partial charge in [0.15, 0.2) is 0 Å². The van der Waals surface area contributed by atoms with Crippen LogP contribution in [-0.2, 0) is 19.1 Å². The van der Waals surface area contributed by atoms with Gasteiger partial charge in [-0.1, -0.05) is 23.7 Å². The molecule has 1 aliphatic heterocycles. The molecule has 174 valence electrons. The molecule has 1 fully saturated rings. The van der Waals surface area contributed by atoms with Crippen molar-refractivity contribution in [2.24, 2.45) is 0 Å². The molecule has 0 radical (unpaired) electrons. The Bertz CT molecular complexity index is 1090. The van der Waals surface area contributed by atoms with Crippen molar-refractivity contribution in [1.29, 1.82) is 0 Å². The lowest BCUT2D eigenvalue weighted by Gasteiger charge is -2.25. The number of esters is 1. The van der Waals surface area contributed by atoms with Crippen molar-refractivity contribution in [1.82, 2.24) is 4.90 Å². The van der Waals surface area contributed by atoms with Gasteiger partial charge in [0.2, 0.25) is 0 Å². The van der Waals surface area contributed by atoms with Crippen molar-refractivity contribution >= 4 is 35.0 Å². The minimum Gasteiger partial charge on any atom is -0.507 e. The van der Waals surface area contributed by atoms with Gasteiger partial charge in [0.1, 0.15) is 17.3 Å². The summed E-state index contributed by atoms with van der Waals surface area (Å²) in [5, 5.41) is 11.4. The summed E-state index contributed by atoms with van der Waals surface area (Å²) < 4.78 is 15.4. The Balaban J connectivity index is 2.11. The Morgan fingerprint density at radius 3 is 2.42 bits per heavy atom. The average Bonchev–Trinajstić information content (AvgIpc) is 3.04. The van der Waals surface area contributed by atoms with Gasteiger partial charge in [-0.2, -0.15) is 0 Å². The van der Waals surface area contributed by atoms with E-state index in [9.17, 15) is 19.5 Å². The van der Waals surface area contributed by atoms with Gasteiger partial charge in [0.25, 0.3) is 11.7 Å². The maximum atomic E-state index is 13.0. The molecule has 33 heavy (non-hydrogen) atoms. The number of methoxy groups -OCH3 is 2. The molecule has 2 aromatic carbocycles. The molecular formula is C24H24ClNO7. The van der Waals surface area contributed by atoms with Crippen LogP contribution in [0, 0.1) is 0 Å². The summed E-state index contributed by atoms with van der Waals surface area (Å²) in [4.78, 5) is 38.5. The first-order chi connectivity index (χ1) is 15.8. The Morgan fingerprint density at radius 2 is 1.82 bits per heavy atom. The van der Waals surface area contributed by atoms with E-state index in [1.807, 2.05) is 0 Å². The molecule has 9 heteroatoms. The topological polar surface area (TPSA) is 102 Å². The van der Waals surface area contributed by atoms with E-state index >= 15 is 0 Å². The molecule has 1 N–H and O–H groups in total. The Labute approximate surface area is 196 Å². The van der Waals surface area contributed by atoms with Crippen LogP contribution >= 0.6 is 11.6 Å². The summed E-state index contributed by atoms with van der Waals surface area (Å²) in [5.74, 6) is -1.69. The lowest BCUT2D eigenvalue weighted by atomic mass is 9.95. The molecule has 0 aromatic heterocycles. The molecule has 1 amide bonds. The molecule has 8 nitrogen and oxygen atoms in total. The van der Waals surface area contributed by atoms with Crippen LogP contribution in [0.1, 0.15) is 30.5 Å². The van der Waals surface area contributed by atoms with E-state index in [0.29, 0.717) is 35.1 Å². The van der Waals surface area contributed by atoms with E-state index < -0.39 is 23.7 Å². The number of nitrogens with zero attached hydrogens (tertiary/aromatic N) is 1. The smallest absolute Gasteiger partial charge is 0.308 e. The fourth-order valence-electron chi connectivity index (χ4n) is 3.68. The van der Waals surface area contributed by atoms with Gasteiger partial charge >= 0.3 is 5.97 Å². The highest BCUT2D eigenvalue weighted by Gasteiger charge is 2.45. The summed E-state index contributed by atoms with van der Waals surface area (Å²) in [6, 6.07) is 10.2. The third kappa shape index (κ3) is 5.18. The molecule has 2 aromatic rings. The highest BCUT2D eigenvalue weighted by Crippen LogP contribution is 2.40. The van der Waals surface area contributed by atoms with Crippen molar-refractivity contribution in [2.75, 3.05) is 27.4 Å². The van der Waals surface area contributed by atoms with Crippen LogP contribution in [0.5, 0.6) is 11.5 Å². The van der Waals surface area contributed by atoms with Crippen LogP contribution in [0.25, 0.3) is 5.76 Å². The average molecular weight is 474 g/mol. The summed E-state index contributed by atoms with van der Waals surface area (Å²) in [7, 11) is 2.98. The molecule has 0 bridgehead atoms. The SMILES string of the molecule is COCCCN1C(=O)C(=O)/C(=C(\O)c2ccc(Cl)c(OC)c2)C1c1ccc(OC(C)=O)cc1. The zero-order chi connectivity index (χ0) is 24.1. The number of ether oxygens (including phenoxy) is 3. The number of benzene rings is 2. The number of aliphatic hydroxyl groups excluding tert-OH is 1. The van der Waals surface area contributed by atoms with Crippen LogP contribution in [-0.4, -0.2) is 55.0 Å². The molecule has 1 heterocycles. The number of hydrogen-bond acceptors (Lipinski definition) is 7. The predicted molar refractivity (Wildman–Crippen MR) is 121 cm³/mol. The second-order valence-corrected chi connectivity index (χ2v) is 7.76. The second kappa shape index (κ2) is 10.5. The number of hydrogen-bond donors (Lipinski definition) is 1. The van der Waals surface area contributed by atoms with E-state index in [-0.39, 0.29) is 23.4 Å². The molecule has 1 unspecified atom stereocenters. The van der Waals surface area contributed by atoms with Gasteiger partial charge < -0.3 is 24.2 Å². The molecule has 0 spiro atoms. The van der Waals surface area contributed by atoms with Crippen LogP contribution < -0.4 is 9.47 Å². The number of carbonyl (C=O) groups is 3. The largest absolute Gasteiger partial charge is 0.507 e. The van der Waals surface area contributed by atoms with Crippen LogP contribution in [0.15, 0.2) is 48.0 Å². The van der Waals surface area contributed by atoms with Crippen LogP contribution in [0.4, 0.5) is 0 Å². The van der Waals surface area contributed by atoms with Crippen molar-refractivity contribution in [3.63, 3.8) is 0 Å². The van der Waals surface area contributed by atoms with Crippen molar-refractivity contribution < 1.29 is 33.7 Å². The standard InChI is InChI=1S/C24H24ClNO7/c1-14(27)33-17-8-5-15(6-9-17)21-20(23(29)24(30)26(21)11-4-12-31-2)22(28)16-7-10-18(25)19(13-16)32-3/h5-10,13,21,28H,4,11-12H2,1-3H3/b22-20-. The third-order valence-electron chi connectivity index (χ3n) is 5.17. The highest BCUT2D eigenvalue weighted by atomic mass is 35.5. The Kier molecular flexibility index (Phi) is 7.73. The minimum atomic E-state index is -0.838. The normalized spacial score (nSPS) is 17.3. The molecule has 0 saturated carbocycles. The zero-order valence-corrected chi connectivity index (χ0v) is 19.2. The van der Waals surface area contributed by atoms with Crippen molar-refractivity contribution in [3.8, 4) is 11.5 Å². The molecule has 0 aliphatic carbocycles. The van der Waals surface area contributed by atoms with E-state index in [2.05, 4.69) is 0 Å². The Hall–Kier alpha value is -3.36. The lowest BCUT2D eigenvalue weighted by molar-refractivity contribution is -0.140. The van der Waals surface area contributed by atoms with Gasteiger partial charge in [-0.25, -0.2) is 0 Å². The number of likely N-dealkylation sites (tertiary alicyclic amines) is 1. The molecule has 3 rings (SSSR count). The predicted octanol–water partition coefficient (Wildman–Crippen LogP) is 3.73. The first-order valence-electron chi connectivity index (χ1n) is 10.2. The second-order valence-electron chi connectivity index (χ2n) is 7.35. The fraction of sp³-hybridized carbons (Fsp3) is 0.292. The summed E-state index contributed by atoms with van der Waals surface area (Å²) in [5.41, 5.74) is 0.805. The molecular weight excluding hydrogens is 450 g/mol. The van der Waals surface area contributed by atoms with E-state index in [4.69, 9.17) is 25.8 Å². The van der Waals surface area contributed by atoms with Gasteiger partial charge in [-0.15, -0.1) is 0 Å². The maximum Gasteiger partial charge on any atom is 0.308 e. The Morgan fingerprint density at radius 1 is 1.12 bits per heavy atom. The van der Waals surface area contributed by atoms with Crippen molar-refractivity contribution in [3.05, 3.63) is 64.2 Å². The molecule has 1 atom stereocenters. The fourth-order valence-corrected chi connectivity index (χ4v) is 3.88. The number of amides is 1. The van der Waals surface area contributed by atoms with Gasteiger partial charge in [-0.3, -0.25) is 14.4 Å². The first-order valence-corrected chi connectivity index (χ1v) is 10.6. The zero-order valence-electron chi connectivity index (χ0n) is 18.5. The van der Waals surface area contributed by atoms with Crippen LogP contribution in [0.2, 0.25) is 5.02 Å². The third-order valence-corrected chi connectivity index (χ3v) is 5.48. The van der Waals surface area contributed by atoms with E-state index in [1.165, 1.54) is 31.1 Å². The summed E-state index contributed by atoms with van der Waals surface area (Å²) >= 11 is 6.08. The van der Waals surface area contributed by atoms with Gasteiger partial charge in [0, 0.05) is 32.7 Å². The van der Waals surface area contributed by atoms with E-state index in [1.54, 1.807) is 37.4 Å². The van der Waals surface area contributed by atoms with Crippen LogP contribution in [0.3, 0.4) is 0 Å². The minimum absolute atomic E-state index is 0.0537. The first kappa shape index (κ1) is 24.3. The summed E-state index contributed by atoms with van der Waals surface area (Å²) in [6.45, 7) is 1.93. The molecule has 1 aliphatic rings. The number of halogens is 1. The lowest BCUT2D eigenvalue weighted by Crippen LogP contribution is -2.31. The van der Waals surface area contributed by atoms with E-state index in [0.717, 1.165) is 0 Å². The highest BCUT2D eigenvalue weighted by molar-refractivity contribution is 6.46. The summed E-state index contributed by atoms with van der Waals surface area (Å²) in [6.07, 6.45) is 0.500. The van der Waals surface area contributed by atoms with Gasteiger partial charge in [0.05, 0.1) is 23.7 Å². The number of aliphatic hydroxyl groups is 1. The van der Waals surface area contributed by atoms with Gasteiger partial charge in [-0.05, 0) is 42.3 Å². The number of Topliss-reactive ketones (excluding diaryl/α,β-unsaturated/α-hetero) is 1.